The van der Waals surface area contributed by atoms with Crippen molar-refractivity contribution in [3.63, 3.8) is 0 Å². The fraction of sp³-hybridized carbons (Fsp3) is 0.235. The van der Waals surface area contributed by atoms with Crippen LogP contribution in [-0.2, 0) is 0 Å². The predicted octanol–water partition coefficient (Wildman–Crippen LogP) is 4.45. The second kappa shape index (κ2) is 5.88. The molecule has 0 radical (unpaired) electrons. The lowest BCUT2D eigenvalue weighted by Gasteiger charge is -2.15. The molecule has 114 valence electrons. The molecule has 0 aliphatic carbocycles. The monoisotopic (exact) mass is 333 g/mol. The zero-order valence-corrected chi connectivity index (χ0v) is 13.9. The Balaban J connectivity index is 2.26. The van der Waals surface area contributed by atoms with Crippen LogP contribution in [-0.4, -0.2) is 22.1 Å². The van der Waals surface area contributed by atoms with E-state index in [1.54, 1.807) is 11.4 Å². The largest absolute Gasteiger partial charge is 0.394 e. The second-order valence-electron chi connectivity index (χ2n) is 5.34. The highest BCUT2D eigenvalue weighted by atomic mass is 35.5. The highest BCUT2D eigenvalue weighted by Crippen LogP contribution is 2.32. The first-order chi connectivity index (χ1) is 10.5. The standard InChI is InChI=1S/C17H16ClNO2S/c1-10(8-20)19-11(2)16(13-5-3-4-6-14(13)19)17(21)15-7-12(18)9-22-15/h3-7,9-10,20H,8H2,1-2H3. The van der Waals surface area contributed by atoms with Gasteiger partial charge in [0.1, 0.15) is 0 Å². The molecule has 3 aromatic rings. The Morgan fingerprint density at radius 3 is 2.77 bits per heavy atom. The van der Waals surface area contributed by atoms with E-state index >= 15 is 0 Å². The zero-order chi connectivity index (χ0) is 15.9. The number of para-hydroxylation sites is 1. The number of carbonyl (C=O) groups excluding carboxylic acids is 1. The van der Waals surface area contributed by atoms with E-state index in [1.807, 2.05) is 42.7 Å². The van der Waals surface area contributed by atoms with Crippen LogP contribution in [0.15, 0.2) is 35.7 Å². The van der Waals surface area contributed by atoms with E-state index < -0.39 is 0 Å². The van der Waals surface area contributed by atoms with Gasteiger partial charge in [0.05, 0.1) is 28.1 Å². The van der Waals surface area contributed by atoms with Gasteiger partial charge in [-0.15, -0.1) is 11.3 Å². The number of ketones is 1. The Kier molecular flexibility index (Phi) is 4.08. The summed E-state index contributed by atoms with van der Waals surface area (Å²) in [4.78, 5) is 13.5. The van der Waals surface area contributed by atoms with Crippen molar-refractivity contribution in [3.05, 3.63) is 56.9 Å². The van der Waals surface area contributed by atoms with Crippen molar-refractivity contribution in [2.75, 3.05) is 6.61 Å². The maximum Gasteiger partial charge on any atom is 0.205 e. The number of benzene rings is 1. The van der Waals surface area contributed by atoms with Crippen molar-refractivity contribution in [2.24, 2.45) is 0 Å². The molecule has 22 heavy (non-hydrogen) atoms. The number of hydrogen-bond donors (Lipinski definition) is 1. The fourth-order valence-corrected chi connectivity index (χ4v) is 3.90. The lowest BCUT2D eigenvalue weighted by molar-refractivity contribution is 0.104. The van der Waals surface area contributed by atoms with Crippen LogP contribution < -0.4 is 0 Å². The van der Waals surface area contributed by atoms with Gasteiger partial charge in [0.15, 0.2) is 0 Å². The van der Waals surface area contributed by atoms with Crippen LogP contribution in [0.2, 0.25) is 5.02 Å². The molecular formula is C17H16ClNO2S. The van der Waals surface area contributed by atoms with Crippen molar-refractivity contribution in [3.8, 4) is 0 Å². The summed E-state index contributed by atoms with van der Waals surface area (Å²) in [6.07, 6.45) is 0. The van der Waals surface area contributed by atoms with Crippen molar-refractivity contribution in [1.82, 2.24) is 4.57 Å². The number of rotatable bonds is 4. The van der Waals surface area contributed by atoms with E-state index in [2.05, 4.69) is 0 Å². The average molecular weight is 334 g/mol. The van der Waals surface area contributed by atoms with Crippen molar-refractivity contribution >= 4 is 39.6 Å². The topological polar surface area (TPSA) is 42.2 Å². The summed E-state index contributed by atoms with van der Waals surface area (Å²) in [5.74, 6) is -0.0190. The normalized spacial score (nSPS) is 12.7. The maximum absolute atomic E-state index is 12.9. The molecule has 1 unspecified atom stereocenters. The summed E-state index contributed by atoms with van der Waals surface area (Å²) < 4.78 is 2.03. The van der Waals surface area contributed by atoms with Crippen LogP contribution in [0, 0.1) is 6.92 Å². The Morgan fingerprint density at radius 2 is 2.14 bits per heavy atom. The number of aromatic nitrogens is 1. The second-order valence-corrected chi connectivity index (χ2v) is 6.69. The maximum atomic E-state index is 12.9. The molecule has 3 nitrogen and oxygen atoms in total. The lowest BCUT2D eigenvalue weighted by Crippen LogP contribution is -2.11. The van der Waals surface area contributed by atoms with Gasteiger partial charge >= 0.3 is 0 Å². The number of hydrogen-bond acceptors (Lipinski definition) is 3. The molecule has 0 aliphatic rings. The number of thiophene rings is 1. The van der Waals surface area contributed by atoms with Crippen LogP contribution in [0.4, 0.5) is 0 Å². The minimum atomic E-state index is -0.0848. The molecule has 1 aromatic carbocycles. The Hall–Kier alpha value is -1.62. The van der Waals surface area contributed by atoms with E-state index in [0.29, 0.717) is 15.5 Å². The molecule has 5 heteroatoms. The predicted molar refractivity (Wildman–Crippen MR) is 91.2 cm³/mol. The molecule has 0 spiro atoms. The molecule has 0 amide bonds. The first-order valence-corrected chi connectivity index (χ1v) is 8.29. The Morgan fingerprint density at radius 1 is 1.41 bits per heavy atom. The first kappa shape index (κ1) is 15.3. The Bertz CT molecular complexity index is 850. The summed E-state index contributed by atoms with van der Waals surface area (Å²) >= 11 is 7.30. The van der Waals surface area contributed by atoms with Crippen molar-refractivity contribution in [1.29, 1.82) is 0 Å². The molecule has 1 N–H and O–H groups in total. The van der Waals surface area contributed by atoms with Crippen molar-refractivity contribution in [2.45, 2.75) is 19.9 Å². The van der Waals surface area contributed by atoms with E-state index in [1.165, 1.54) is 11.3 Å². The van der Waals surface area contributed by atoms with Gasteiger partial charge in [-0.3, -0.25) is 4.79 Å². The van der Waals surface area contributed by atoms with Gasteiger partial charge in [-0.1, -0.05) is 29.8 Å². The number of carbonyl (C=O) groups is 1. The summed E-state index contributed by atoms with van der Waals surface area (Å²) in [5.41, 5.74) is 2.53. The molecule has 2 aromatic heterocycles. The average Bonchev–Trinajstić information content (AvgIpc) is 3.07. The summed E-state index contributed by atoms with van der Waals surface area (Å²) in [7, 11) is 0. The molecule has 0 fully saturated rings. The molecule has 2 heterocycles. The van der Waals surface area contributed by atoms with Gasteiger partial charge in [0.2, 0.25) is 5.78 Å². The quantitative estimate of drug-likeness (QED) is 0.717. The number of nitrogens with zero attached hydrogens (tertiary/aromatic N) is 1. The number of aliphatic hydroxyl groups is 1. The van der Waals surface area contributed by atoms with Crippen LogP contribution >= 0.6 is 22.9 Å². The summed E-state index contributed by atoms with van der Waals surface area (Å²) in [6.45, 7) is 3.89. The van der Waals surface area contributed by atoms with E-state index in [-0.39, 0.29) is 18.4 Å². The van der Waals surface area contributed by atoms with Gasteiger partial charge < -0.3 is 9.67 Å². The van der Waals surface area contributed by atoms with Crippen LogP contribution in [0.25, 0.3) is 10.9 Å². The van der Waals surface area contributed by atoms with Gasteiger partial charge in [-0.05, 0) is 26.0 Å². The molecule has 3 rings (SSSR count). The highest BCUT2D eigenvalue weighted by Gasteiger charge is 2.23. The summed E-state index contributed by atoms with van der Waals surface area (Å²) in [6, 6.07) is 9.42. The fourth-order valence-electron chi connectivity index (χ4n) is 2.88. The molecule has 0 saturated carbocycles. The minimum Gasteiger partial charge on any atom is -0.394 e. The number of fused-ring (bicyclic) bond motifs is 1. The summed E-state index contributed by atoms with van der Waals surface area (Å²) in [5, 5.41) is 12.8. The van der Waals surface area contributed by atoms with Gasteiger partial charge in [-0.25, -0.2) is 0 Å². The molecule has 0 aliphatic heterocycles. The molecule has 0 bridgehead atoms. The van der Waals surface area contributed by atoms with Crippen LogP contribution in [0.3, 0.4) is 0 Å². The zero-order valence-electron chi connectivity index (χ0n) is 12.3. The minimum absolute atomic E-state index is 0.0190. The van der Waals surface area contributed by atoms with Crippen molar-refractivity contribution < 1.29 is 9.90 Å². The van der Waals surface area contributed by atoms with Gasteiger partial charge in [-0.2, -0.15) is 0 Å². The Labute approximate surface area is 137 Å². The third-order valence-corrected chi connectivity index (χ3v) is 5.16. The third-order valence-electron chi connectivity index (χ3n) is 3.88. The first-order valence-electron chi connectivity index (χ1n) is 7.03. The van der Waals surface area contributed by atoms with Gasteiger partial charge in [0.25, 0.3) is 0 Å². The number of halogens is 1. The molecular weight excluding hydrogens is 318 g/mol. The SMILES string of the molecule is Cc1c(C(=O)c2cc(Cl)cs2)c2ccccc2n1C(C)CO. The highest BCUT2D eigenvalue weighted by molar-refractivity contribution is 7.12. The number of aliphatic hydroxyl groups excluding tert-OH is 1. The molecule has 1 atom stereocenters. The van der Waals surface area contributed by atoms with E-state index in [4.69, 9.17) is 11.6 Å². The van der Waals surface area contributed by atoms with Crippen LogP contribution in [0.5, 0.6) is 0 Å². The van der Waals surface area contributed by atoms with Gasteiger partial charge in [0, 0.05) is 22.0 Å². The molecule has 0 saturated heterocycles. The van der Waals surface area contributed by atoms with E-state index in [0.717, 1.165) is 16.6 Å². The van der Waals surface area contributed by atoms with E-state index in [9.17, 15) is 9.90 Å². The smallest absolute Gasteiger partial charge is 0.205 e. The lowest BCUT2D eigenvalue weighted by atomic mass is 10.1. The third kappa shape index (κ3) is 2.37. The van der Waals surface area contributed by atoms with Crippen LogP contribution in [0.1, 0.15) is 33.9 Å².